The molecule has 7 aromatic heterocycles. The summed E-state index contributed by atoms with van der Waals surface area (Å²) >= 11 is 37.1. The molecule has 7 aromatic carbocycles. The van der Waals surface area contributed by atoms with Crippen LogP contribution < -0.4 is 22.1 Å². The predicted molar refractivity (Wildman–Crippen MR) is 374 cm³/mol. The van der Waals surface area contributed by atoms with E-state index in [1.54, 1.807) is 73.4 Å². The molecule has 14 aromatic rings. The maximum atomic E-state index is 13.7. The van der Waals surface area contributed by atoms with Crippen LogP contribution in [0.5, 0.6) is 0 Å². The molecule has 16 nitrogen and oxygen atoms in total. The zero-order chi connectivity index (χ0) is 67.3. The molecular formula is C68H41Br2Cl5F4N14O2. The van der Waals surface area contributed by atoms with Gasteiger partial charge in [-0.2, -0.15) is 0 Å². The fourth-order valence-corrected chi connectivity index (χ4v) is 10.6. The minimum absolute atomic E-state index is 0.0476. The number of nitrogen functional groups attached to an aromatic ring is 2. The average Bonchev–Trinajstić information content (AvgIpc) is 0.869. The quantitative estimate of drug-likeness (QED) is 0.0858. The van der Waals surface area contributed by atoms with Crippen molar-refractivity contribution in [2.75, 3.05) is 22.1 Å². The smallest absolute Gasteiger partial charge is 0.262 e. The van der Waals surface area contributed by atoms with Crippen LogP contribution in [0.15, 0.2) is 223 Å². The Hall–Kier alpha value is -9.91. The summed E-state index contributed by atoms with van der Waals surface area (Å²) in [5, 5.41) is 11.5. The van der Waals surface area contributed by atoms with Gasteiger partial charge in [-0.15, -0.1) is 0 Å². The maximum Gasteiger partial charge on any atom is 0.262 e. The van der Waals surface area contributed by atoms with Gasteiger partial charge >= 0.3 is 0 Å². The number of hydrogen-bond donors (Lipinski definition) is 4. The number of anilines is 4. The van der Waals surface area contributed by atoms with Crippen molar-refractivity contribution >= 4 is 168 Å². The first-order chi connectivity index (χ1) is 45.8. The number of carbonyl (C=O) groups is 2. The molecule has 0 aliphatic rings. The lowest BCUT2D eigenvalue weighted by Crippen LogP contribution is -2.16. The number of amides is 2. The predicted octanol–water partition coefficient (Wildman–Crippen LogP) is 19.0. The van der Waals surface area contributed by atoms with Crippen LogP contribution in [0, 0.1) is 23.3 Å². The zero-order valence-electron chi connectivity index (χ0n) is 48.3. The molecular weight excluding hydrogens is 1460 g/mol. The Morgan fingerprint density at radius 3 is 1.04 bits per heavy atom. The molecule has 6 N–H and O–H groups in total. The first-order valence-corrected chi connectivity index (χ1v) is 31.0. The van der Waals surface area contributed by atoms with Crippen molar-refractivity contribution in [2.24, 2.45) is 0 Å². The van der Waals surface area contributed by atoms with Crippen molar-refractivity contribution in [1.82, 2.24) is 49.8 Å². The summed E-state index contributed by atoms with van der Waals surface area (Å²) in [6.45, 7) is 0. The molecule has 0 aliphatic carbocycles. The van der Waals surface area contributed by atoms with Crippen LogP contribution in [0.4, 0.5) is 40.7 Å². The number of nitrogens with one attached hydrogen (secondary N) is 2. The fraction of sp³-hybridized carbons (Fsp3) is 0. The number of fused-ring (bicyclic) bond motifs is 4. The molecule has 0 unspecified atom stereocenters. The summed E-state index contributed by atoms with van der Waals surface area (Å²) in [7, 11) is 0. The van der Waals surface area contributed by atoms with Crippen LogP contribution in [0.3, 0.4) is 0 Å². The van der Waals surface area contributed by atoms with Crippen LogP contribution in [0.1, 0.15) is 20.7 Å². The number of benzene rings is 7. The second kappa shape index (κ2) is 31.3. The van der Waals surface area contributed by atoms with E-state index in [9.17, 15) is 27.2 Å². The number of aromatic nitrogens is 10. The normalized spacial score (nSPS) is 10.6. The van der Waals surface area contributed by atoms with Gasteiger partial charge in [0.1, 0.15) is 40.2 Å². The van der Waals surface area contributed by atoms with Crippen LogP contribution in [0.2, 0.25) is 25.1 Å². The van der Waals surface area contributed by atoms with E-state index >= 15 is 0 Å². The van der Waals surface area contributed by atoms with Crippen molar-refractivity contribution in [3.63, 3.8) is 0 Å². The Balaban J connectivity index is 0.000000137. The van der Waals surface area contributed by atoms with E-state index in [0.29, 0.717) is 59.8 Å². The molecule has 0 spiro atoms. The minimum atomic E-state index is -0.961. The standard InChI is InChI=1S/2C20H11ClF2N4O.C13H9ClN4.C9H5BrClN.C6H5BrClN/c2*21-13-7-11-3-2-6-24-16(11)8-12(13)17-9-26-18(10-25-17)27-20(28)19-14(22)4-1-5-15(19)23;14-10-4-8-2-1-3-16-11(8)5-9(10)12-6-18-13(15)7-17-12;10-7-5-9-6(4-8(7)11)2-1-3-12-9;7-5-3-4(9)1-2-6(5)8/h2*1-10H,(H,26,27,28);1-7H,(H2,15,18);1-5H;1-3H,9H2. The lowest BCUT2D eigenvalue weighted by molar-refractivity contribution is 0.101. The third-order valence-electron chi connectivity index (χ3n) is 13.3. The third-order valence-corrected chi connectivity index (χ3v) is 16.7. The molecule has 0 saturated heterocycles. The number of hydrogen-bond acceptors (Lipinski definition) is 14. The van der Waals surface area contributed by atoms with Gasteiger partial charge in [0.15, 0.2) is 11.6 Å². The average molecular weight is 1500 g/mol. The van der Waals surface area contributed by atoms with Crippen molar-refractivity contribution < 1.29 is 27.2 Å². The summed E-state index contributed by atoms with van der Waals surface area (Å²) in [4.78, 5) is 66.2. The Morgan fingerprint density at radius 1 is 0.358 bits per heavy atom. The van der Waals surface area contributed by atoms with E-state index in [0.717, 1.165) is 87.4 Å². The summed E-state index contributed by atoms with van der Waals surface area (Å²) < 4.78 is 56.5. The highest BCUT2D eigenvalue weighted by atomic mass is 79.9. The second-order valence-corrected chi connectivity index (χ2v) is 23.5. The summed E-state index contributed by atoms with van der Waals surface area (Å²) in [6.07, 6.45) is 15.3. The van der Waals surface area contributed by atoms with E-state index in [1.165, 1.54) is 43.1 Å². The van der Waals surface area contributed by atoms with Crippen molar-refractivity contribution in [3.05, 3.63) is 282 Å². The van der Waals surface area contributed by atoms with Gasteiger partial charge in [-0.25, -0.2) is 32.5 Å². The lowest BCUT2D eigenvalue weighted by Gasteiger charge is -2.08. The highest BCUT2D eigenvalue weighted by Gasteiger charge is 2.20. The minimum Gasteiger partial charge on any atom is -0.399 e. The zero-order valence-corrected chi connectivity index (χ0v) is 55.3. The summed E-state index contributed by atoms with van der Waals surface area (Å²) in [5.41, 5.74) is 17.3. The molecule has 0 radical (unpaired) electrons. The van der Waals surface area contributed by atoms with E-state index in [1.807, 2.05) is 72.8 Å². The Labute approximate surface area is 579 Å². The van der Waals surface area contributed by atoms with Gasteiger partial charge in [-0.05, 0) is 147 Å². The monoisotopic (exact) mass is 1490 g/mol. The first-order valence-electron chi connectivity index (χ1n) is 27.5. The van der Waals surface area contributed by atoms with Crippen molar-refractivity contribution in [2.45, 2.75) is 0 Å². The molecule has 95 heavy (non-hydrogen) atoms. The maximum absolute atomic E-state index is 13.7. The largest absolute Gasteiger partial charge is 0.399 e. The van der Waals surface area contributed by atoms with Crippen LogP contribution in [0.25, 0.3) is 77.4 Å². The highest BCUT2D eigenvalue weighted by molar-refractivity contribution is 9.10. The number of carbonyl (C=O) groups excluding carboxylic acids is 2. The number of nitrogens with zero attached hydrogens (tertiary/aromatic N) is 10. The molecule has 0 bridgehead atoms. The van der Waals surface area contributed by atoms with Gasteiger partial charge in [0.05, 0.1) is 101 Å². The third kappa shape index (κ3) is 17.3. The fourth-order valence-electron chi connectivity index (χ4n) is 8.77. The number of nitrogens with two attached hydrogens (primary N) is 2. The molecule has 0 saturated carbocycles. The Kier molecular flexibility index (Phi) is 22.4. The second-order valence-electron chi connectivity index (χ2n) is 19.7. The highest BCUT2D eigenvalue weighted by Crippen LogP contribution is 2.34. The Morgan fingerprint density at radius 2 is 0.705 bits per heavy atom. The molecule has 0 aliphatic heterocycles. The van der Waals surface area contributed by atoms with Crippen molar-refractivity contribution in [3.8, 4) is 33.8 Å². The van der Waals surface area contributed by atoms with Gasteiger partial charge in [0.2, 0.25) is 0 Å². The summed E-state index contributed by atoms with van der Waals surface area (Å²) in [5.74, 6) is -5.27. The van der Waals surface area contributed by atoms with Gasteiger partial charge in [0.25, 0.3) is 11.8 Å². The number of rotatable bonds is 7. The first kappa shape index (κ1) is 68.0. The molecule has 0 fully saturated rings. The molecule has 2 amide bonds. The molecule has 472 valence electrons. The number of pyridine rings is 4. The SMILES string of the molecule is Clc1cc2cccnc2cc1Br.Nc1ccc(Cl)c(Br)c1.Nc1cnc(-c2cc3ncccc3cc2Cl)cn1.O=C(Nc1cnc(-c2cc3ncccc3cc2Cl)cn1)c1c(F)cccc1F.O=C(Nc1cnc(-c2cc3ncccc3cc2Cl)cn1)c1c(F)cccc1F. The van der Waals surface area contributed by atoms with Gasteiger partial charge in [-0.1, -0.05) is 94.4 Å². The number of halogens is 11. The molecule has 14 rings (SSSR count). The van der Waals surface area contributed by atoms with Gasteiger partial charge in [-0.3, -0.25) is 44.5 Å². The summed E-state index contributed by atoms with van der Waals surface area (Å²) in [6, 6.07) is 41.5. The van der Waals surface area contributed by atoms with E-state index in [4.69, 9.17) is 69.5 Å². The van der Waals surface area contributed by atoms with E-state index in [2.05, 4.69) is 92.3 Å². The van der Waals surface area contributed by atoms with Crippen molar-refractivity contribution in [1.29, 1.82) is 0 Å². The van der Waals surface area contributed by atoms with Gasteiger partial charge in [0, 0.05) is 77.7 Å². The molecule has 7 heterocycles. The topological polar surface area (TPSA) is 239 Å². The van der Waals surface area contributed by atoms with Crippen LogP contribution in [-0.2, 0) is 0 Å². The Bertz CT molecular complexity index is 4890. The van der Waals surface area contributed by atoms with Crippen LogP contribution in [-0.4, -0.2) is 61.7 Å². The molecule has 27 heteroatoms. The lowest BCUT2D eigenvalue weighted by atomic mass is 10.1. The van der Waals surface area contributed by atoms with Gasteiger partial charge < -0.3 is 22.1 Å². The van der Waals surface area contributed by atoms with E-state index < -0.39 is 46.2 Å². The molecule has 0 atom stereocenters. The van der Waals surface area contributed by atoms with Crippen LogP contribution >= 0.6 is 89.9 Å². The van der Waals surface area contributed by atoms with E-state index in [-0.39, 0.29) is 11.6 Å².